The van der Waals surface area contributed by atoms with Crippen molar-refractivity contribution >= 4 is 5.91 Å². The standard InChI is InChI=1S/C14H27N3O/c1-17-10-4-6-13(17)11-16-14(18)8-7-12-5-2-3-9-15-12/h12-13,15H,2-11H2,1H3,(H,16,18). The second-order valence-corrected chi connectivity index (χ2v) is 5.77. The normalized spacial score (nSPS) is 29.4. The predicted molar refractivity (Wildman–Crippen MR) is 73.5 cm³/mol. The van der Waals surface area contributed by atoms with Gasteiger partial charge in [-0.15, -0.1) is 0 Å². The van der Waals surface area contributed by atoms with Gasteiger partial charge in [-0.25, -0.2) is 0 Å². The number of hydrogen-bond donors (Lipinski definition) is 2. The Morgan fingerprint density at radius 3 is 2.89 bits per heavy atom. The topological polar surface area (TPSA) is 44.4 Å². The van der Waals surface area contributed by atoms with Gasteiger partial charge in [0.1, 0.15) is 0 Å². The lowest BCUT2D eigenvalue weighted by molar-refractivity contribution is -0.121. The Hall–Kier alpha value is -0.610. The van der Waals surface area contributed by atoms with Crippen LogP contribution in [0.5, 0.6) is 0 Å². The van der Waals surface area contributed by atoms with Crippen molar-refractivity contribution in [3.8, 4) is 0 Å². The molecule has 0 aromatic carbocycles. The fraction of sp³-hybridized carbons (Fsp3) is 0.929. The highest BCUT2D eigenvalue weighted by molar-refractivity contribution is 5.75. The molecule has 2 fully saturated rings. The van der Waals surface area contributed by atoms with E-state index < -0.39 is 0 Å². The molecular formula is C14H27N3O. The Morgan fingerprint density at radius 1 is 1.33 bits per heavy atom. The number of hydrogen-bond acceptors (Lipinski definition) is 3. The second-order valence-electron chi connectivity index (χ2n) is 5.77. The maximum atomic E-state index is 11.8. The van der Waals surface area contributed by atoms with Crippen molar-refractivity contribution in [2.24, 2.45) is 0 Å². The fourth-order valence-electron chi connectivity index (χ4n) is 3.03. The van der Waals surface area contributed by atoms with Crippen molar-refractivity contribution in [1.29, 1.82) is 0 Å². The zero-order chi connectivity index (χ0) is 12.8. The number of piperidine rings is 1. The van der Waals surface area contributed by atoms with E-state index in [0.29, 0.717) is 18.5 Å². The molecule has 0 bridgehead atoms. The van der Waals surface area contributed by atoms with Crippen molar-refractivity contribution in [3.63, 3.8) is 0 Å². The molecule has 18 heavy (non-hydrogen) atoms. The molecule has 2 aliphatic heterocycles. The van der Waals surface area contributed by atoms with Gasteiger partial charge in [-0.05, 0) is 52.2 Å². The van der Waals surface area contributed by atoms with Crippen LogP contribution in [0.4, 0.5) is 0 Å². The summed E-state index contributed by atoms with van der Waals surface area (Å²) in [6.45, 7) is 3.12. The Kier molecular flexibility index (Phi) is 5.45. The van der Waals surface area contributed by atoms with Gasteiger partial charge in [-0.2, -0.15) is 0 Å². The molecular weight excluding hydrogens is 226 g/mol. The van der Waals surface area contributed by atoms with E-state index in [9.17, 15) is 4.79 Å². The van der Waals surface area contributed by atoms with Crippen LogP contribution in [-0.4, -0.2) is 49.6 Å². The van der Waals surface area contributed by atoms with E-state index in [1.54, 1.807) is 0 Å². The van der Waals surface area contributed by atoms with E-state index in [1.807, 2.05) is 0 Å². The Labute approximate surface area is 110 Å². The van der Waals surface area contributed by atoms with Gasteiger partial charge < -0.3 is 15.5 Å². The number of nitrogens with one attached hydrogen (secondary N) is 2. The lowest BCUT2D eigenvalue weighted by Gasteiger charge is -2.23. The highest BCUT2D eigenvalue weighted by atomic mass is 16.1. The Morgan fingerprint density at radius 2 is 2.22 bits per heavy atom. The highest BCUT2D eigenvalue weighted by Gasteiger charge is 2.21. The van der Waals surface area contributed by atoms with Gasteiger partial charge in [-0.3, -0.25) is 4.79 Å². The molecule has 2 saturated heterocycles. The summed E-state index contributed by atoms with van der Waals surface area (Å²) >= 11 is 0. The number of carbonyl (C=O) groups is 1. The highest BCUT2D eigenvalue weighted by Crippen LogP contribution is 2.14. The molecule has 2 N–H and O–H groups in total. The van der Waals surface area contributed by atoms with Crippen molar-refractivity contribution in [2.75, 3.05) is 26.7 Å². The third-order valence-electron chi connectivity index (χ3n) is 4.34. The van der Waals surface area contributed by atoms with Crippen LogP contribution in [0.2, 0.25) is 0 Å². The van der Waals surface area contributed by atoms with Crippen LogP contribution in [0.25, 0.3) is 0 Å². The molecule has 2 atom stereocenters. The summed E-state index contributed by atoms with van der Waals surface area (Å²) in [7, 11) is 2.15. The van der Waals surface area contributed by atoms with Crippen LogP contribution in [0.15, 0.2) is 0 Å². The molecule has 0 saturated carbocycles. The quantitative estimate of drug-likeness (QED) is 0.772. The lowest BCUT2D eigenvalue weighted by atomic mass is 10.0. The first kappa shape index (κ1) is 13.8. The minimum absolute atomic E-state index is 0.225. The summed E-state index contributed by atoms with van der Waals surface area (Å²) < 4.78 is 0. The zero-order valence-electron chi connectivity index (χ0n) is 11.6. The third-order valence-corrected chi connectivity index (χ3v) is 4.34. The fourth-order valence-corrected chi connectivity index (χ4v) is 3.03. The molecule has 0 aliphatic carbocycles. The van der Waals surface area contributed by atoms with E-state index in [2.05, 4.69) is 22.6 Å². The summed E-state index contributed by atoms with van der Waals surface area (Å²) in [6.07, 6.45) is 7.99. The molecule has 0 aromatic rings. The minimum Gasteiger partial charge on any atom is -0.355 e. The molecule has 0 spiro atoms. The Balaban J connectivity index is 1.57. The first-order valence-electron chi connectivity index (χ1n) is 7.46. The molecule has 0 radical (unpaired) electrons. The van der Waals surface area contributed by atoms with E-state index >= 15 is 0 Å². The number of carbonyl (C=O) groups excluding carboxylic acids is 1. The maximum Gasteiger partial charge on any atom is 0.220 e. The summed E-state index contributed by atoms with van der Waals surface area (Å²) in [5.41, 5.74) is 0. The van der Waals surface area contributed by atoms with Gasteiger partial charge in [0, 0.05) is 25.0 Å². The zero-order valence-corrected chi connectivity index (χ0v) is 11.6. The lowest BCUT2D eigenvalue weighted by Crippen LogP contribution is -2.39. The van der Waals surface area contributed by atoms with Crippen molar-refractivity contribution in [3.05, 3.63) is 0 Å². The van der Waals surface area contributed by atoms with Crippen molar-refractivity contribution < 1.29 is 4.79 Å². The van der Waals surface area contributed by atoms with E-state index in [0.717, 1.165) is 19.5 Å². The third kappa shape index (κ3) is 4.25. The Bertz CT molecular complexity index is 264. The van der Waals surface area contributed by atoms with Crippen LogP contribution in [0.3, 0.4) is 0 Å². The molecule has 4 heteroatoms. The van der Waals surface area contributed by atoms with Gasteiger partial charge in [0.25, 0.3) is 0 Å². The van der Waals surface area contributed by atoms with Gasteiger partial charge in [0.15, 0.2) is 0 Å². The summed E-state index contributed by atoms with van der Waals surface area (Å²) in [5, 5.41) is 6.58. The smallest absolute Gasteiger partial charge is 0.220 e. The molecule has 2 aliphatic rings. The van der Waals surface area contributed by atoms with Crippen LogP contribution in [0.1, 0.15) is 44.9 Å². The SMILES string of the molecule is CN1CCCC1CNC(=O)CCC1CCCCN1. The second kappa shape index (κ2) is 7.10. The average molecular weight is 253 g/mol. The molecule has 1 amide bonds. The van der Waals surface area contributed by atoms with Crippen LogP contribution < -0.4 is 10.6 Å². The van der Waals surface area contributed by atoms with Crippen LogP contribution >= 0.6 is 0 Å². The first-order valence-corrected chi connectivity index (χ1v) is 7.46. The first-order chi connectivity index (χ1) is 8.75. The number of likely N-dealkylation sites (tertiary alicyclic amines) is 1. The van der Waals surface area contributed by atoms with E-state index in [4.69, 9.17) is 0 Å². The van der Waals surface area contributed by atoms with Crippen LogP contribution in [-0.2, 0) is 4.79 Å². The van der Waals surface area contributed by atoms with Crippen LogP contribution in [0, 0.1) is 0 Å². The number of rotatable bonds is 5. The molecule has 2 heterocycles. The van der Waals surface area contributed by atoms with E-state index in [-0.39, 0.29) is 5.91 Å². The summed E-state index contributed by atoms with van der Waals surface area (Å²) in [5.74, 6) is 0.225. The molecule has 0 aromatic heterocycles. The van der Waals surface area contributed by atoms with Crippen molar-refractivity contribution in [2.45, 2.75) is 57.0 Å². The van der Waals surface area contributed by atoms with E-state index in [1.165, 1.54) is 38.6 Å². The van der Waals surface area contributed by atoms with Gasteiger partial charge in [-0.1, -0.05) is 6.42 Å². The predicted octanol–water partition coefficient (Wildman–Crippen LogP) is 1.12. The monoisotopic (exact) mass is 253 g/mol. The average Bonchev–Trinajstić information content (AvgIpc) is 2.81. The molecule has 104 valence electrons. The molecule has 2 rings (SSSR count). The maximum absolute atomic E-state index is 11.8. The largest absolute Gasteiger partial charge is 0.355 e. The summed E-state index contributed by atoms with van der Waals surface area (Å²) in [4.78, 5) is 14.1. The van der Waals surface area contributed by atoms with Crippen molar-refractivity contribution in [1.82, 2.24) is 15.5 Å². The number of likely N-dealkylation sites (N-methyl/N-ethyl adjacent to an activating group) is 1. The molecule has 2 unspecified atom stereocenters. The van der Waals surface area contributed by atoms with Gasteiger partial charge >= 0.3 is 0 Å². The summed E-state index contributed by atoms with van der Waals surface area (Å²) in [6, 6.07) is 1.13. The molecule has 4 nitrogen and oxygen atoms in total. The number of amides is 1. The minimum atomic E-state index is 0.225. The van der Waals surface area contributed by atoms with Gasteiger partial charge in [0.05, 0.1) is 0 Å². The van der Waals surface area contributed by atoms with Gasteiger partial charge in [0.2, 0.25) is 5.91 Å². The number of nitrogens with zero attached hydrogens (tertiary/aromatic N) is 1.